The molecule has 2 rings (SSSR count). The summed E-state index contributed by atoms with van der Waals surface area (Å²) in [7, 11) is 0. The van der Waals surface area contributed by atoms with Gasteiger partial charge in [0.05, 0.1) is 10.9 Å². The number of amides is 2. The zero-order chi connectivity index (χ0) is 17.5. The maximum absolute atomic E-state index is 13.8. The van der Waals surface area contributed by atoms with Crippen LogP contribution in [-0.4, -0.2) is 17.1 Å². The molecule has 0 fully saturated rings. The van der Waals surface area contributed by atoms with E-state index in [1.807, 2.05) is 30.3 Å². The second kappa shape index (κ2) is 8.49. The van der Waals surface area contributed by atoms with Crippen molar-refractivity contribution in [3.8, 4) is 0 Å². The summed E-state index contributed by atoms with van der Waals surface area (Å²) in [6.45, 7) is 3.14. The summed E-state index contributed by atoms with van der Waals surface area (Å²) < 4.78 is 13.8. The molecule has 4 nitrogen and oxygen atoms in total. The van der Waals surface area contributed by atoms with Crippen LogP contribution in [0, 0.1) is 5.82 Å². The lowest BCUT2D eigenvalue weighted by Crippen LogP contribution is -2.23. The zero-order valence-electron chi connectivity index (χ0n) is 13.5. The molecule has 6 heteroatoms. The molecule has 0 spiro atoms. The van der Waals surface area contributed by atoms with E-state index in [2.05, 4.69) is 10.6 Å². The first-order valence-corrected chi connectivity index (χ1v) is 8.54. The van der Waals surface area contributed by atoms with E-state index in [0.717, 1.165) is 5.56 Å². The van der Waals surface area contributed by atoms with Gasteiger partial charge in [-0.05, 0) is 30.7 Å². The van der Waals surface area contributed by atoms with Gasteiger partial charge in [-0.15, -0.1) is 11.8 Å². The van der Waals surface area contributed by atoms with E-state index in [0.29, 0.717) is 11.4 Å². The van der Waals surface area contributed by atoms with Crippen LogP contribution in [0.25, 0.3) is 0 Å². The first-order chi connectivity index (χ1) is 11.5. The fourth-order valence-electron chi connectivity index (χ4n) is 2.01. The van der Waals surface area contributed by atoms with Crippen LogP contribution in [0.2, 0.25) is 0 Å². The lowest BCUT2D eigenvalue weighted by Gasteiger charge is -2.13. The molecule has 0 aromatic heterocycles. The number of rotatable bonds is 6. The van der Waals surface area contributed by atoms with Crippen molar-refractivity contribution in [1.82, 2.24) is 0 Å². The van der Waals surface area contributed by atoms with Gasteiger partial charge in [0.1, 0.15) is 5.82 Å². The van der Waals surface area contributed by atoms with Crippen LogP contribution in [-0.2, 0) is 15.3 Å². The molecule has 2 aromatic carbocycles. The summed E-state index contributed by atoms with van der Waals surface area (Å²) in [6, 6.07) is 13.9. The van der Waals surface area contributed by atoms with Gasteiger partial charge < -0.3 is 10.6 Å². The molecule has 2 N–H and O–H groups in total. The third-order valence-corrected chi connectivity index (χ3v) is 4.47. The van der Waals surface area contributed by atoms with Crippen molar-refractivity contribution in [1.29, 1.82) is 0 Å². The number of carbonyl (C=O) groups excluding carboxylic acids is 2. The van der Waals surface area contributed by atoms with E-state index >= 15 is 0 Å². The number of nitrogens with one attached hydrogen (secondary N) is 2. The minimum absolute atomic E-state index is 0.0541. The van der Waals surface area contributed by atoms with Crippen LogP contribution in [0.3, 0.4) is 0 Å². The van der Waals surface area contributed by atoms with Gasteiger partial charge in [0.15, 0.2) is 0 Å². The van der Waals surface area contributed by atoms with Crippen LogP contribution < -0.4 is 10.6 Å². The van der Waals surface area contributed by atoms with Gasteiger partial charge in [-0.2, -0.15) is 0 Å². The smallest absolute Gasteiger partial charge is 0.237 e. The molecule has 2 amide bonds. The Bertz CT molecular complexity index is 722. The van der Waals surface area contributed by atoms with E-state index in [1.54, 1.807) is 6.92 Å². The predicted molar refractivity (Wildman–Crippen MR) is 96.5 cm³/mol. The summed E-state index contributed by atoms with van der Waals surface area (Å²) in [5.74, 6) is -0.387. The third-order valence-electron chi connectivity index (χ3n) is 3.26. The van der Waals surface area contributed by atoms with Crippen molar-refractivity contribution in [3.05, 3.63) is 59.9 Å². The lowest BCUT2D eigenvalue weighted by molar-refractivity contribution is -0.115. The molecule has 0 heterocycles. The molecule has 0 unspecified atom stereocenters. The maximum Gasteiger partial charge on any atom is 0.237 e. The molecule has 0 aliphatic carbocycles. The molecule has 0 saturated carbocycles. The van der Waals surface area contributed by atoms with Crippen molar-refractivity contribution < 1.29 is 14.0 Å². The highest BCUT2D eigenvalue weighted by atomic mass is 32.2. The topological polar surface area (TPSA) is 58.2 Å². The Kier molecular flexibility index (Phi) is 6.37. The Balaban J connectivity index is 1.96. The van der Waals surface area contributed by atoms with Crippen LogP contribution >= 0.6 is 11.8 Å². The molecule has 0 bridgehead atoms. The molecule has 0 radical (unpaired) electrons. The van der Waals surface area contributed by atoms with Crippen molar-refractivity contribution in [3.63, 3.8) is 0 Å². The van der Waals surface area contributed by atoms with Gasteiger partial charge in [-0.3, -0.25) is 9.59 Å². The average molecular weight is 346 g/mol. The monoisotopic (exact) mass is 346 g/mol. The van der Waals surface area contributed by atoms with Gasteiger partial charge in [0, 0.05) is 18.4 Å². The van der Waals surface area contributed by atoms with Crippen LogP contribution in [0.15, 0.2) is 48.5 Å². The standard InChI is InChI=1S/C18H19FN2O2S/c1-12(24-11-14-6-4-3-5-7-14)18(23)21-17-10-15(20-13(2)22)8-9-16(17)19/h3-10,12H,11H2,1-2H3,(H,20,22)(H,21,23)/t12-/m1/s1. The Labute approximate surface area is 144 Å². The van der Waals surface area contributed by atoms with Gasteiger partial charge in [-0.25, -0.2) is 4.39 Å². The quantitative estimate of drug-likeness (QED) is 0.830. The number of thioether (sulfide) groups is 1. The zero-order valence-corrected chi connectivity index (χ0v) is 14.3. The van der Waals surface area contributed by atoms with E-state index in [4.69, 9.17) is 0 Å². The molecule has 24 heavy (non-hydrogen) atoms. The third kappa shape index (κ3) is 5.38. The van der Waals surface area contributed by atoms with Crippen molar-refractivity contribution in [2.24, 2.45) is 0 Å². The van der Waals surface area contributed by atoms with Gasteiger partial charge in [-0.1, -0.05) is 30.3 Å². The van der Waals surface area contributed by atoms with Gasteiger partial charge >= 0.3 is 0 Å². The Morgan fingerprint density at radius 2 is 1.83 bits per heavy atom. The molecule has 0 aliphatic rings. The summed E-state index contributed by atoms with van der Waals surface area (Å²) >= 11 is 1.47. The first kappa shape index (κ1) is 18.0. The van der Waals surface area contributed by atoms with Crippen molar-refractivity contribution >= 4 is 35.0 Å². The highest BCUT2D eigenvalue weighted by Crippen LogP contribution is 2.23. The molecular weight excluding hydrogens is 327 g/mol. The molecule has 126 valence electrons. The van der Waals surface area contributed by atoms with E-state index in [9.17, 15) is 14.0 Å². The van der Waals surface area contributed by atoms with Crippen LogP contribution in [0.4, 0.5) is 15.8 Å². The normalized spacial score (nSPS) is 11.6. The van der Waals surface area contributed by atoms with Crippen molar-refractivity contribution in [2.75, 3.05) is 10.6 Å². The fraction of sp³-hybridized carbons (Fsp3) is 0.222. The molecule has 1 atom stereocenters. The van der Waals surface area contributed by atoms with Gasteiger partial charge in [0.25, 0.3) is 0 Å². The number of hydrogen-bond donors (Lipinski definition) is 2. The molecule has 2 aromatic rings. The van der Waals surface area contributed by atoms with E-state index < -0.39 is 5.82 Å². The Morgan fingerprint density at radius 1 is 1.12 bits per heavy atom. The SMILES string of the molecule is CC(=O)Nc1ccc(F)c(NC(=O)[C@@H](C)SCc2ccccc2)c1. The predicted octanol–water partition coefficient (Wildman–Crippen LogP) is 4.04. The summed E-state index contributed by atoms with van der Waals surface area (Å²) in [5, 5.41) is 4.79. The second-order valence-corrected chi connectivity index (χ2v) is 6.63. The van der Waals surface area contributed by atoms with Gasteiger partial charge in [0.2, 0.25) is 11.8 Å². The molecular formula is C18H19FN2O2S. The van der Waals surface area contributed by atoms with E-state index in [-0.39, 0.29) is 22.8 Å². The summed E-state index contributed by atoms with van der Waals surface area (Å²) in [5.41, 5.74) is 1.61. The van der Waals surface area contributed by atoms with Crippen LogP contribution in [0.5, 0.6) is 0 Å². The maximum atomic E-state index is 13.8. The number of benzene rings is 2. The second-order valence-electron chi connectivity index (χ2n) is 5.30. The first-order valence-electron chi connectivity index (χ1n) is 7.49. The molecule has 0 aliphatic heterocycles. The fourth-order valence-corrected chi connectivity index (χ4v) is 2.85. The summed E-state index contributed by atoms with van der Waals surface area (Å²) in [4.78, 5) is 23.3. The van der Waals surface area contributed by atoms with Crippen LogP contribution in [0.1, 0.15) is 19.4 Å². The Morgan fingerprint density at radius 3 is 2.50 bits per heavy atom. The lowest BCUT2D eigenvalue weighted by atomic mass is 10.2. The highest BCUT2D eigenvalue weighted by molar-refractivity contribution is 7.99. The number of carbonyl (C=O) groups is 2. The number of halogens is 1. The average Bonchev–Trinajstić information content (AvgIpc) is 2.56. The minimum Gasteiger partial charge on any atom is -0.326 e. The van der Waals surface area contributed by atoms with E-state index in [1.165, 1.54) is 36.9 Å². The number of hydrogen-bond acceptors (Lipinski definition) is 3. The Hall–Kier alpha value is -2.34. The van der Waals surface area contributed by atoms with Crippen molar-refractivity contribution in [2.45, 2.75) is 24.9 Å². The summed E-state index contributed by atoms with van der Waals surface area (Å²) in [6.07, 6.45) is 0. The number of anilines is 2. The largest absolute Gasteiger partial charge is 0.326 e. The highest BCUT2D eigenvalue weighted by Gasteiger charge is 2.16. The minimum atomic E-state index is -0.544. The molecule has 0 saturated heterocycles.